The molecule has 2 aromatic rings. The Balaban J connectivity index is 2.02. The number of thioether (sulfide) groups is 1. The van der Waals surface area contributed by atoms with Crippen LogP contribution in [0.3, 0.4) is 0 Å². The van der Waals surface area contributed by atoms with Crippen LogP contribution in [0.25, 0.3) is 10.9 Å². The number of hydrogen-bond acceptors (Lipinski definition) is 4. The maximum absolute atomic E-state index is 9.28. The first kappa shape index (κ1) is 12.5. The number of nitrogens with zero attached hydrogens (tertiary/aromatic N) is 2. The van der Waals surface area contributed by atoms with Gasteiger partial charge in [0.25, 0.3) is 0 Å². The minimum Gasteiger partial charge on any atom is -0.381 e. The van der Waals surface area contributed by atoms with Crippen molar-refractivity contribution < 1.29 is 4.74 Å². The number of rotatable bonds is 2. The smallest absolute Gasteiger partial charge is 0.102 e. The first-order valence-electron chi connectivity index (χ1n) is 6.41. The van der Waals surface area contributed by atoms with Gasteiger partial charge in [-0.1, -0.05) is 18.2 Å². The fourth-order valence-electron chi connectivity index (χ4n) is 2.28. The first-order valence-corrected chi connectivity index (χ1v) is 7.28. The average Bonchev–Trinajstić information content (AvgIpc) is 2.49. The van der Waals surface area contributed by atoms with Gasteiger partial charge in [-0.3, -0.25) is 4.98 Å². The van der Waals surface area contributed by atoms with Gasteiger partial charge in [0.2, 0.25) is 0 Å². The molecule has 4 heteroatoms. The second-order valence-electron chi connectivity index (χ2n) is 4.56. The van der Waals surface area contributed by atoms with Crippen molar-refractivity contribution in [2.45, 2.75) is 23.0 Å². The molecule has 3 rings (SSSR count). The van der Waals surface area contributed by atoms with Crippen LogP contribution in [0.15, 0.2) is 35.4 Å². The molecule has 1 aromatic heterocycles. The molecule has 3 nitrogen and oxygen atoms in total. The van der Waals surface area contributed by atoms with E-state index >= 15 is 0 Å². The molecule has 0 N–H and O–H groups in total. The number of hydrogen-bond donors (Lipinski definition) is 0. The van der Waals surface area contributed by atoms with E-state index in [2.05, 4.69) is 11.1 Å². The Labute approximate surface area is 116 Å². The Morgan fingerprint density at radius 2 is 2.05 bits per heavy atom. The molecule has 0 unspecified atom stereocenters. The van der Waals surface area contributed by atoms with E-state index < -0.39 is 0 Å². The summed E-state index contributed by atoms with van der Waals surface area (Å²) >= 11 is 1.80. The summed E-state index contributed by atoms with van der Waals surface area (Å²) in [5.74, 6) is 0. The highest BCUT2D eigenvalue weighted by molar-refractivity contribution is 8.00. The lowest BCUT2D eigenvalue weighted by atomic mass is 10.2. The normalized spacial score (nSPS) is 16.4. The molecule has 2 heterocycles. The Bertz CT molecular complexity index is 630. The van der Waals surface area contributed by atoms with Crippen LogP contribution >= 0.6 is 11.8 Å². The second-order valence-corrected chi connectivity index (χ2v) is 5.87. The predicted octanol–water partition coefficient (Wildman–Crippen LogP) is 3.38. The predicted molar refractivity (Wildman–Crippen MR) is 76.2 cm³/mol. The standard InChI is InChI=1S/C15H14N2OS/c16-9-11-10-17-14-4-2-1-3-13(14)15(11)19-12-5-7-18-8-6-12/h1-4,10,12H,5-8H2. The summed E-state index contributed by atoms with van der Waals surface area (Å²) in [4.78, 5) is 5.41. The zero-order valence-corrected chi connectivity index (χ0v) is 11.3. The van der Waals surface area contributed by atoms with Gasteiger partial charge in [-0.15, -0.1) is 11.8 Å². The van der Waals surface area contributed by atoms with E-state index in [0.717, 1.165) is 41.9 Å². The number of benzene rings is 1. The fourth-order valence-corrected chi connectivity index (χ4v) is 3.57. The minimum atomic E-state index is 0.534. The van der Waals surface area contributed by atoms with Crippen LogP contribution in [0, 0.1) is 11.3 Å². The van der Waals surface area contributed by atoms with Crippen LogP contribution in [-0.4, -0.2) is 23.4 Å². The van der Waals surface area contributed by atoms with Crippen molar-refractivity contribution in [1.82, 2.24) is 4.98 Å². The zero-order chi connectivity index (χ0) is 13.1. The summed E-state index contributed by atoms with van der Waals surface area (Å²) < 4.78 is 5.39. The topological polar surface area (TPSA) is 45.9 Å². The highest BCUT2D eigenvalue weighted by atomic mass is 32.2. The van der Waals surface area contributed by atoms with Crippen molar-refractivity contribution in [3.63, 3.8) is 0 Å². The molecular weight excluding hydrogens is 256 g/mol. The van der Waals surface area contributed by atoms with Gasteiger partial charge >= 0.3 is 0 Å². The summed E-state index contributed by atoms with van der Waals surface area (Å²) in [6.45, 7) is 1.64. The fraction of sp³-hybridized carbons (Fsp3) is 0.333. The van der Waals surface area contributed by atoms with Crippen LogP contribution in [-0.2, 0) is 4.74 Å². The third-order valence-corrected chi connectivity index (χ3v) is 4.78. The van der Waals surface area contributed by atoms with Gasteiger partial charge in [-0.25, -0.2) is 0 Å². The molecule has 0 aliphatic carbocycles. The van der Waals surface area contributed by atoms with Crippen molar-refractivity contribution in [1.29, 1.82) is 5.26 Å². The van der Waals surface area contributed by atoms with Crippen LogP contribution in [0.4, 0.5) is 0 Å². The number of aromatic nitrogens is 1. The largest absolute Gasteiger partial charge is 0.381 e. The van der Waals surface area contributed by atoms with E-state index in [1.807, 2.05) is 24.3 Å². The zero-order valence-electron chi connectivity index (χ0n) is 10.5. The van der Waals surface area contributed by atoms with E-state index in [1.165, 1.54) is 0 Å². The average molecular weight is 270 g/mol. The molecule has 1 aliphatic rings. The maximum Gasteiger partial charge on any atom is 0.102 e. The molecule has 0 saturated carbocycles. The molecule has 0 amide bonds. The van der Waals surface area contributed by atoms with Crippen molar-refractivity contribution in [2.75, 3.05) is 13.2 Å². The Kier molecular flexibility index (Phi) is 3.67. The van der Waals surface area contributed by atoms with Gasteiger partial charge < -0.3 is 4.74 Å². The van der Waals surface area contributed by atoms with Crippen molar-refractivity contribution in [3.05, 3.63) is 36.0 Å². The highest BCUT2D eigenvalue weighted by Gasteiger charge is 2.18. The molecular formula is C15H14N2OS. The van der Waals surface area contributed by atoms with Crippen LogP contribution in [0.5, 0.6) is 0 Å². The summed E-state index contributed by atoms with van der Waals surface area (Å²) in [7, 11) is 0. The molecule has 0 bridgehead atoms. The van der Waals surface area contributed by atoms with Crippen molar-refractivity contribution in [3.8, 4) is 6.07 Å². The summed E-state index contributed by atoms with van der Waals surface area (Å²) in [5.41, 5.74) is 1.63. The SMILES string of the molecule is N#Cc1cnc2ccccc2c1SC1CCOCC1. The Morgan fingerprint density at radius 1 is 1.26 bits per heavy atom. The van der Waals surface area contributed by atoms with E-state index in [0.29, 0.717) is 10.8 Å². The second kappa shape index (κ2) is 5.60. The molecule has 19 heavy (non-hydrogen) atoms. The van der Waals surface area contributed by atoms with E-state index in [1.54, 1.807) is 18.0 Å². The van der Waals surface area contributed by atoms with Gasteiger partial charge in [0.1, 0.15) is 6.07 Å². The number of ether oxygens (including phenoxy) is 1. The summed E-state index contributed by atoms with van der Waals surface area (Å²) in [6.07, 6.45) is 3.78. The lowest BCUT2D eigenvalue weighted by Crippen LogP contribution is -2.17. The molecule has 0 atom stereocenters. The molecule has 1 aliphatic heterocycles. The molecule has 0 spiro atoms. The van der Waals surface area contributed by atoms with Gasteiger partial charge in [0, 0.05) is 34.9 Å². The van der Waals surface area contributed by atoms with Crippen molar-refractivity contribution >= 4 is 22.7 Å². The number of fused-ring (bicyclic) bond motifs is 1. The van der Waals surface area contributed by atoms with Gasteiger partial charge in [0.15, 0.2) is 0 Å². The van der Waals surface area contributed by atoms with Crippen LogP contribution in [0.2, 0.25) is 0 Å². The van der Waals surface area contributed by atoms with E-state index in [4.69, 9.17) is 4.74 Å². The lowest BCUT2D eigenvalue weighted by molar-refractivity contribution is 0.100. The Hall–Kier alpha value is -1.57. The highest BCUT2D eigenvalue weighted by Crippen LogP contribution is 2.36. The molecule has 96 valence electrons. The number of nitriles is 1. The monoisotopic (exact) mass is 270 g/mol. The van der Waals surface area contributed by atoms with Gasteiger partial charge in [0.05, 0.1) is 11.1 Å². The third-order valence-electron chi connectivity index (χ3n) is 3.30. The number of pyridine rings is 1. The Morgan fingerprint density at radius 3 is 2.84 bits per heavy atom. The quantitative estimate of drug-likeness (QED) is 0.839. The maximum atomic E-state index is 9.28. The third kappa shape index (κ3) is 2.58. The van der Waals surface area contributed by atoms with Crippen molar-refractivity contribution in [2.24, 2.45) is 0 Å². The van der Waals surface area contributed by atoms with E-state index in [-0.39, 0.29) is 0 Å². The van der Waals surface area contributed by atoms with Crippen LogP contribution < -0.4 is 0 Å². The van der Waals surface area contributed by atoms with Gasteiger partial charge in [-0.2, -0.15) is 5.26 Å². The minimum absolute atomic E-state index is 0.534. The number of para-hydroxylation sites is 1. The van der Waals surface area contributed by atoms with E-state index in [9.17, 15) is 5.26 Å². The molecule has 0 radical (unpaired) electrons. The van der Waals surface area contributed by atoms with Crippen LogP contribution in [0.1, 0.15) is 18.4 Å². The molecule has 1 saturated heterocycles. The lowest BCUT2D eigenvalue weighted by Gasteiger charge is -2.22. The molecule has 1 fully saturated rings. The van der Waals surface area contributed by atoms with Gasteiger partial charge in [-0.05, 0) is 18.9 Å². The summed E-state index contributed by atoms with van der Waals surface area (Å²) in [6, 6.07) is 10.3. The summed E-state index contributed by atoms with van der Waals surface area (Å²) in [5, 5.41) is 10.9. The molecule has 1 aromatic carbocycles. The first-order chi connectivity index (χ1) is 9.38.